The molecular weight excluding hydrogens is 482 g/mol. The first-order valence-corrected chi connectivity index (χ1v) is 12.0. The third kappa shape index (κ3) is 5.11. The molecule has 0 radical (unpaired) electrons. The van der Waals surface area contributed by atoms with Crippen LogP contribution in [0, 0.1) is 13.8 Å². The van der Waals surface area contributed by atoms with E-state index in [4.69, 9.17) is 33.3 Å². The van der Waals surface area contributed by atoms with E-state index < -0.39 is 0 Å². The molecule has 2 N–H and O–H groups in total. The molecule has 1 aliphatic rings. The average Bonchev–Trinajstić information content (AvgIpc) is 3.28. The summed E-state index contributed by atoms with van der Waals surface area (Å²) in [7, 11) is 0. The summed E-state index contributed by atoms with van der Waals surface area (Å²) in [6, 6.07) is 19.2. The molecule has 35 heavy (non-hydrogen) atoms. The molecule has 178 valence electrons. The normalized spacial score (nSPS) is 12.1. The largest absolute Gasteiger partial charge is 0.454 e. The maximum Gasteiger partial charge on any atom is 0.253 e. The Morgan fingerprint density at radius 1 is 1.03 bits per heavy atom. The van der Waals surface area contributed by atoms with Crippen molar-refractivity contribution in [3.63, 3.8) is 0 Å². The van der Waals surface area contributed by atoms with Crippen molar-refractivity contribution in [1.29, 1.82) is 0 Å². The van der Waals surface area contributed by atoms with Crippen LogP contribution in [-0.2, 0) is 13.1 Å². The number of nitrogens with one attached hydrogen (secondary N) is 2. The highest BCUT2D eigenvalue weighted by Crippen LogP contribution is 2.33. The summed E-state index contributed by atoms with van der Waals surface area (Å²) in [6.45, 7) is 5.10. The lowest BCUT2D eigenvalue weighted by molar-refractivity contribution is 0.174. The van der Waals surface area contributed by atoms with Crippen LogP contribution in [0.25, 0.3) is 10.9 Å². The number of fused-ring (bicyclic) bond motifs is 2. The SMILES string of the molecule is Cc1cc2cc(CN(Cc3ccc4c(c3)OCO4)C(=S)Nc3cccc(Cl)c3)c(=O)[nH]c2cc1C. The molecule has 6 nitrogen and oxygen atoms in total. The van der Waals surface area contributed by atoms with Gasteiger partial charge in [0, 0.05) is 28.3 Å². The van der Waals surface area contributed by atoms with Gasteiger partial charge in [0.25, 0.3) is 5.56 Å². The lowest BCUT2D eigenvalue weighted by Gasteiger charge is -2.26. The number of benzene rings is 3. The zero-order valence-corrected chi connectivity index (χ0v) is 20.9. The van der Waals surface area contributed by atoms with Crippen LogP contribution >= 0.6 is 23.8 Å². The van der Waals surface area contributed by atoms with Gasteiger partial charge in [0.2, 0.25) is 6.79 Å². The van der Waals surface area contributed by atoms with Crippen molar-refractivity contribution in [2.75, 3.05) is 12.1 Å². The number of hydrogen-bond acceptors (Lipinski definition) is 4. The summed E-state index contributed by atoms with van der Waals surface area (Å²) >= 11 is 11.9. The molecule has 5 rings (SSSR count). The molecule has 2 heterocycles. The quantitative estimate of drug-likeness (QED) is 0.328. The number of nitrogens with zero attached hydrogens (tertiary/aromatic N) is 1. The monoisotopic (exact) mass is 505 g/mol. The van der Waals surface area contributed by atoms with Crippen molar-refractivity contribution in [1.82, 2.24) is 9.88 Å². The van der Waals surface area contributed by atoms with E-state index >= 15 is 0 Å². The average molecular weight is 506 g/mol. The highest BCUT2D eigenvalue weighted by molar-refractivity contribution is 7.80. The van der Waals surface area contributed by atoms with E-state index in [0.29, 0.717) is 34.5 Å². The van der Waals surface area contributed by atoms with Gasteiger partial charge in [-0.25, -0.2) is 0 Å². The van der Waals surface area contributed by atoms with Gasteiger partial charge < -0.3 is 24.7 Å². The third-order valence-electron chi connectivity index (χ3n) is 6.07. The summed E-state index contributed by atoms with van der Waals surface area (Å²) in [6.07, 6.45) is 0. The van der Waals surface area contributed by atoms with Gasteiger partial charge in [-0.1, -0.05) is 23.7 Å². The predicted octanol–water partition coefficient (Wildman–Crippen LogP) is 5.93. The maximum atomic E-state index is 13.0. The van der Waals surface area contributed by atoms with Crippen molar-refractivity contribution >= 4 is 45.5 Å². The zero-order valence-electron chi connectivity index (χ0n) is 19.4. The molecule has 0 amide bonds. The number of hydrogen-bond donors (Lipinski definition) is 2. The summed E-state index contributed by atoms with van der Waals surface area (Å²) in [5.74, 6) is 1.42. The Balaban J connectivity index is 1.47. The fourth-order valence-electron chi connectivity index (χ4n) is 4.07. The molecule has 0 bridgehead atoms. The van der Waals surface area contributed by atoms with Crippen LogP contribution in [0.2, 0.25) is 5.02 Å². The maximum absolute atomic E-state index is 13.0. The summed E-state index contributed by atoms with van der Waals surface area (Å²) < 4.78 is 11.0. The fourth-order valence-corrected chi connectivity index (χ4v) is 4.51. The van der Waals surface area contributed by atoms with Gasteiger partial charge in [0.05, 0.1) is 6.54 Å². The van der Waals surface area contributed by atoms with E-state index in [1.54, 1.807) is 12.1 Å². The van der Waals surface area contributed by atoms with Gasteiger partial charge >= 0.3 is 0 Å². The summed E-state index contributed by atoms with van der Waals surface area (Å²) in [5.41, 5.74) is 5.37. The van der Waals surface area contributed by atoms with Crippen LogP contribution < -0.4 is 20.3 Å². The van der Waals surface area contributed by atoms with Gasteiger partial charge in [0.15, 0.2) is 16.6 Å². The second-order valence-corrected chi connectivity index (χ2v) is 9.45. The van der Waals surface area contributed by atoms with Crippen LogP contribution in [-0.4, -0.2) is 21.8 Å². The van der Waals surface area contributed by atoms with Crippen molar-refractivity contribution in [3.8, 4) is 11.5 Å². The second kappa shape index (κ2) is 9.60. The molecule has 0 saturated heterocycles. The van der Waals surface area contributed by atoms with E-state index in [1.807, 2.05) is 54.3 Å². The van der Waals surface area contributed by atoms with Crippen LogP contribution in [0.4, 0.5) is 5.69 Å². The highest BCUT2D eigenvalue weighted by atomic mass is 35.5. The van der Waals surface area contributed by atoms with E-state index in [-0.39, 0.29) is 12.4 Å². The first-order valence-electron chi connectivity index (χ1n) is 11.2. The number of anilines is 1. The fraction of sp³-hybridized carbons (Fsp3) is 0.185. The second-order valence-electron chi connectivity index (χ2n) is 8.63. The summed E-state index contributed by atoms with van der Waals surface area (Å²) in [4.78, 5) is 18.0. The Labute approximate surface area is 213 Å². The van der Waals surface area contributed by atoms with Crippen molar-refractivity contribution in [3.05, 3.63) is 98.3 Å². The molecule has 0 aliphatic carbocycles. The number of H-pyrrole nitrogens is 1. The molecule has 8 heteroatoms. The van der Waals surface area contributed by atoms with Crippen LogP contribution in [0.15, 0.2) is 65.5 Å². The smallest absolute Gasteiger partial charge is 0.253 e. The van der Waals surface area contributed by atoms with Crippen LogP contribution in [0.5, 0.6) is 11.5 Å². The topological polar surface area (TPSA) is 66.6 Å². The van der Waals surface area contributed by atoms with Crippen molar-refractivity contribution < 1.29 is 9.47 Å². The molecule has 4 aromatic rings. The molecule has 3 aromatic carbocycles. The number of thiocarbonyl (C=S) groups is 1. The Hall–Kier alpha value is -3.55. The van der Waals surface area contributed by atoms with Gasteiger partial charge in [-0.05, 0) is 96.7 Å². The number of aromatic nitrogens is 1. The van der Waals surface area contributed by atoms with Gasteiger partial charge in [0.1, 0.15) is 0 Å². The van der Waals surface area contributed by atoms with E-state index in [0.717, 1.165) is 33.5 Å². The first-order chi connectivity index (χ1) is 16.9. The number of halogens is 1. The molecule has 0 fully saturated rings. The third-order valence-corrected chi connectivity index (χ3v) is 6.67. The molecule has 1 aliphatic heterocycles. The summed E-state index contributed by atoms with van der Waals surface area (Å²) in [5, 5.41) is 5.32. The Bertz CT molecular complexity index is 1500. The van der Waals surface area contributed by atoms with Crippen molar-refractivity contribution in [2.45, 2.75) is 26.9 Å². The minimum atomic E-state index is -0.137. The lowest BCUT2D eigenvalue weighted by atomic mass is 10.0. The minimum absolute atomic E-state index is 0.137. The molecule has 1 aromatic heterocycles. The number of pyridine rings is 1. The molecule has 0 unspecified atom stereocenters. The number of aromatic amines is 1. The predicted molar refractivity (Wildman–Crippen MR) is 144 cm³/mol. The van der Waals surface area contributed by atoms with Crippen molar-refractivity contribution in [2.24, 2.45) is 0 Å². The lowest BCUT2D eigenvalue weighted by Crippen LogP contribution is -2.35. The molecule has 0 saturated carbocycles. The van der Waals surface area contributed by atoms with Crippen LogP contribution in [0.1, 0.15) is 22.3 Å². The number of ether oxygens (including phenoxy) is 2. The number of rotatable bonds is 5. The number of aryl methyl sites for hydroxylation is 2. The Kier molecular flexibility index (Phi) is 6.36. The first kappa shape index (κ1) is 23.2. The highest BCUT2D eigenvalue weighted by Gasteiger charge is 2.18. The van der Waals surface area contributed by atoms with E-state index in [9.17, 15) is 4.79 Å². The van der Waals surface area contributed by atoms with Crippen LogP contribution in [0.3, 0.4) is 0 Å². The Morgan fingerprint density at radius 2 is 1.83 bits per heavy atom. The zero-order chi connectivity index (χ0) is 24.5. The van der Waals surface area contributed by atoms with E-state index in [1.165, 1.54) is 5.56 Å². The van der Waals surface area contributed by atoms with Gasteiger partial charge in [-0.2, -0.15) is 0 Å². The van der Waals surface area contributed by atoms with Gasteiger partial charge in [-0.3, -0.25) is 4.79 Å². The van der Waals surface area contributed by atoms with E-state index in [2.05, 4.69) is 23.3 Å². The Morgan fingerprint density at radius 3 is 2.66 bits per heavy atom. The molecule has 0 spiro atoms. The molecule has 0 atom stereocenters. The molecular formula is C27H24ClN3O3S. The van der Waals surface area contributed by atoms with Gasteiger partial charge in [-0.15, -0.1) is 0 Å². The standard InChI is InChI=1S/C27H24ClN3O3S/c1-16-8-19-11-20(26(32)30-23(19)9-17(16)2)14-31(27(35)29-22-5-3-4-21(28)12-22)13-18-6-7-24-25(10-18)34-15-33-24/h3-12H,13-15H2,1-2H3,(H,29,35)(H,30,32). The minimum Gasteiger partial charge on any atom is -0.454 e.